The maximum Gasteiger partial charge on any atom is 1.00 e. The molecule has 0 amide bonds. The van der Waals surface area contributed by atoms with Gasteiger partial charge in [-0.15, -0.1) is 5.11 Å². The molecule has 0 bridgehead atoms. The van der Waals surface area contributed by atoms with Crippen molar-refractivity contribution in [3.05, 3.63) is 66.2 Å². The normalized spacial score (nSPS) is 11.5. The van der Waals surface area contributed by atoms with Crippen LogP contribution in [-0.4, -0.2) is 26.7 Å². The molecule has 11 heteroatoms. The Balaban J connectivity index is 0.00000385. The molecule has 0 aliphatic carbocycles. The summed E-state index contributed by atoms with van der Waals surface area (Å²) in [6.07, 6.45) is 0. The van der Waals surface area contributed by atoms with E-state index in [1.54, 1.807) is 24.3 Å². The first-order valence-corrected chi connectivity index (χ1v) is 11.0. The molecule has 3 aromatic rings. The van der Waals surface area contributed by atoms with Gasteiger partial charge in [-0.25, -0.2) is 8.42 Å². The Kier molecular flexibility index (Phi) is 9.69. The van der Waals surface area contributed by atoms with Crippen molar-refractivity contribution in [3.8, 4) is 11.5 Å². The van der Waals surface area contributed by atoms with Crippen molar-refractivity contribution in [3.63, 3.8) is 0 Å². The molecule has 0 heterocycles. The Morgan fingerprint density at radius 1 is 0.848 bits per heavy atom. The second-order valence-electron chi connectivity index (χ2n) is 6.59. The van der Waals surface area contributed by atoms with Crippen molar-refractivity contribution in [2.75, 3.05) is 13.7 Å². The molecule has 0 saturated carbocycles. The van der Waals surface area contributed by atoms with Crippen molar-refractivity contribution >= 4 is 32.9 Å². The summed E-state index contributed by atoms with van der Waals surface area (Å²) in [5.74, 6) is 1.23. The molecule has 166 valence electrons. The molecule has 3 rings (SSSR count). The molecule has 0 atom stereocenters. The van der Waals surface area contributed by atoms with Crippen molar-refractivity contribution in [2.45, 2.75) is 18.7 Å². The molecular formula is C22H21N4NaO5S. The number of rotatable bonds is 8. The van der Waals surface area contributed by atoms with Crippen LogP contribution in [0.3, 0.4) is 0 Å². The van der Waals surface area contributed by atoms with Gasteiger partial charge in [0, 0.05) is 6.07 Å². The third-order valence-corrected chi connectivity index (χ3v) is 5.17. The molecule has 0 aromatic heterocycles. The van der Waals surface area contributed by atoms with Crippen LogP contribution in [0, 0.1) is 6.92 Å². The van der Waals surface area contributed by atoms with E-state index in [2.05, 4.69) is 20.5 Å². The van der Waals surface area contributed by atoms with Gasteiger partial charge in [-0.05, 0) is 74.0 Å². The maximum atomic E-state index is 11.0. The molecular weight excluding hydrogens is 455 g/mol. The van der Waals surface area contributed by atoms with Gasteiger partial charge in [0.1, 0.15) is 27.3 Å². The molecule has 0 spiro atoms. The van der Waals surface area contributed by atoms with E-state index in [4.69, 9.17) is 9.47 Å². The van der Waals surface area contributed by atoms with Crippen LogP contribution in [0.1, 0.15) is 12.5 Å². The fraction of sp³-hybridized carbons (Fsp3) is 0.182. The molecule has 0 unspecified atom stereocenters. The van der Waals surface area contributed by atoms with E-state index >= 15 is 0 Å². The van der Waals surface area contributed by atoms with Crippen molar-refractivity contribution in [1.82, 2.24) is 0 Å². The Morgan fingerprint density at radius 2 is 1.39 bits per heavy atom. The van der Waals surface area contributed by atoms with Gasteiger partial charge in [0.15, 0.2) is 0 Å². The van der Waals surface area contributed by atoms with Crippen LogP contribution in [0.5, 0.6) is 11.5 Å². The Bertz CT molecular complexity index is 1250. The summed E-state index contributed by atoms with van der Waals surface area (Å²) in [7, 11) is -2.98. The number of methoxy groups -OCH3 is 1. The largest absolute Gasteiger partial charge is 1.00 e. The Hall–Kier alpha value is -2.63. The number of benzene rings is 3. The van der Waals surface area contributed by atoms with Crippen molar-refractivity contribution in [2.24, 2.45) is 20.5 Å². The Labute approximate surface area is 214 Å². The Morgan fingerprint density at radius 3 is 1.91 bits per heavy atom. The van der Waals surface area contributed by atoms with E-state index in [-0.39, 0.29) is 34.5 Å². The number of hydrogen-bond donors (Lipinski definition) is 0. The first kappa shape index (κ1) is 26.6. The quantitative estimate of drug-likeness (QED) is 0.281. The van der Waals surface area contributed by atoms with Crippen LogP contribution < -0.4 is 39.0 Å². The molecule has 33 heavy (non-hydrogen) atoms. The summed E-state index contributed by atoms with van der Waals surface area (Å²) in [4.78, 5) is -0.323. The maximum absolute atomic E-state index is 11.0. The van der Waals surface area contributed by atoms with Gasteiger partial charge in [0.05, 0.1) is 35.7 Å². The van der Waals surface area contributed by atoms with E-state index in [9.17, 15) is 13.0 Å². The van der Waals surface area contributed by atoms with Gasteiger partial charge >= 0.3 is 29.6 Å². The van der Waals surface area contributed by atoms with Crippen LogP contribution in [0.4, 0.5) is 22.7 Å². The molecule has 0 aliphatic heterocycles. The molecule has 0 aliphatic rings. The molecule has 3 aromatic carbocycles. The average molecular weight is 476 g/mol. The average Bonchev–Trinajstić information content (AvgIpc) is 2.78. The first-order chi connectivity index (χ1) is 15.3. The minimum Gasteiger partial charge on any atom is -0.744 e. The molecule has 9 nitrogen and oxygen atoms in total. The van der Waals surface area contributed by atoms with E-state index in [0.717, 1.165) is 11.3 Å². The predicted octanol–water partition coefficient (Wildman–Crippen LogP) is 3.14. The van der Waals surface area contributed by atoms with Gasteiger partial charge in [-0.1, -0.05) is 0 Å². The summed E-state index contributed by atoms with van der Waals surface area (Å²) in [5.41, 5.74) is 2.93. The molecule has 0 fully saturated rings. The summed E-state index contributed by atoms with van der Waals surface area (Å²) in [6, 6.07) is 15.9. The third kappa shape index (κ3) is 7.44. The van der Waals surface area contributed by atoms with Gasteiger partial charge in [0.2, 0.25) is 0 Å². The van der Waals surface area contributed by atoms with Gasteiger partial charge < -0.3 is 14.0 Å². The number of azo groups is 2. The zero-order chi connectivity index (χ0) is 23.1. The second kappa shape index (κ2) is 12.0. The number of ether oxygens (including phenoxy) is 2. The van der Waals surface area contributed by atoms with Gasteiger partial charge in [-0.3, -0.25) is 0 Å². The minimum absolute atomic E-state index is 0. The fourth-order valence-electron chi connectivity index (χ4n) is 2.69. The second-order valence-corrected chi connectivity index (χ2v) is 7.97. The minimum atomic E-state index is -4.50. The van der Waals surface area contributed by atoms with E-state index in [1.807, 2.05) is 26.0 Å². The van der Waals surface area contributed by atoms with E-state index < -0.39 is 10.1 Å². The molecule has 0 radical (unpaired) electrons. The van der Waals surface area contributed by atoms with E-state index in [1.165, 1.54) is 31.4 Å². The van der Waals surface area contributed by atoms with Crippen LogP contribution in [0.15, 0.2) is 86.0 Å². The smallest absolute Gasteiger partial charge is 0.744 e. The third-order valence-electron chi connectivity index (χ3n) is 4.32. The standard InChI is InChI=1S/C22H22N4O5S.Na/c1-4-31-18-9-5-16(6-10-18)24-26-21-13-15(2)20(14-22(21)30-3)25-23-17-7-11-19(12-8-17)32(27,28)29;/h5-14H,4H2,1-3H3,(H,27,28,29);/q;+1/p-1. The number of aryl methyl sites for hydroxylation is 1. The summed E-state index contributed by atoms with van der Waals surface area (Å²) < 4.78 is 43.9. The van der Waals surface area contributed by atoms with Crippen molar-refractivity contribution < 1.29 is 52.0 Å². The van der Waals surface area contributed by atoms with E-state index in [0.29, 0.717) is 35.1 Å². The topological polar surface area (TPSA) is 125 Å². The first-order valence-electron chi connectivity index (χ1n) is 9.61. The van der Waals surface area contributed by atoms with Crippen LogP contribution in [0.2, 0.25) is 0 Å². The number of hydrogen-bond acceptors (Lipinski definition) is 9. The number of nitrogens with zero attached hydrogens (tertiary/aromatic N) is 4. The van der Waals surface area contributed by atoms with Crippen LogP contribution >= 0.6 is 0 Å². The van der Waals surface area contributed by atoms with Crippen LogP contribution in [0.25, 0.3) is 0 Å². The van der Waals surface area contributed by atoms with Crippen molar-refractivity contribution in [1.29, 1.82) is 0 Å². The molecule has 0 saturated heterocycles. The SMILES string of the molecule is CCOc1ccc(N=Nc2cc(C)c(N=Nc3ccc(S(=O)(=O)[O-])cc3)cc2OC)cc1.[Na+]. The zero-order valence-electron chi connectivity index (χ0n) is 18.7. The van der Waals surface area contributed by atoms with Gasteiger partial charge in [0.25, 0.3) is 0 Å². The zero-order valence-corrected chi connectivity index (χ0v) is 21.5. The summed E-state index contributed by atoms with van der Waals surface area (Å²) >= 11 is 0. The monoisotopic (exact) mass is 476 g/mol. The predicted molar refractivity (Wildman–Crippen MR) is 118 cm³/mol. The fourth-order valence-corrected chi connectivity index (χ4v) is 3.16. The summed E-state index contributed by atoms with van der Waals surface area (Å²) in [6.45, 7) is 4.36. The van der Waals surface area contributed by atoms with Crippen LogP contribution in [-0.2, 0) is 10.1 Å². The molecule has 0 N–H and O–H groups in total. The summed E-state index contributed by atoms with van der Waals surface area (Å²) in [5, 5.41) is 16.8. The van der Waals surface area contributed by atoms with Gasteiger partial charge in [-0.2, -0.15) is 15.3 Å².